The van der Waals surface area contributed by atoms with E-state index < -0.39 is 22.8 Å². The van der Waals surface area contributed by atoms with Crippen molar-refractivity contribution in [1.82, 2.24) is 10.2 Å². The van der Waals surface area contributed by atoms with E-state index >= 15 is 0 Å². The van der Waals surface area contributed by atoms with Gasteiger partial charge in [-0.3, -0.25) is 9.59 Å². The minimum absolute atomic E-state index is 0.130. The number of carbonyl (C=O) groups excluding carboxylic acids is 3. The van der Waals surface area contributed by atoms with Gasteiger partial charge < -0.3 is 20.1 Å². The highest BCUT2D eigenvalue weighted by Crippen LogP contribution is 2.50. The Balaban J connectivity index is 1.84. The highest BCUT2D eigenvalue weighted by atomic mass is 32.2. The molecule has 2 amide bonds. The summed E-state index contributed by atoms with van der Waals surface area (Å²) in [5, 5.41) is 13.8. The predicted octanol–water partition coefficient (Wildman–Crippen LogP) is 0.644. The van der Waals surface area contributed by atoms with Gasteiger partial charge in [0.15, 0.2) is 0 Å². The van der Waals surface area contributed by atoms with Gasteiger partial charge in [0.1, 0.15) is 11.4 Å². The molecule has 0 aliphatic carbocycles. The van der Waals surface area contributed by atoms with Gasteiger partial charge in [0, 0.05) is 11.2 Å². The number of hydrogen-bond donors (Lipinski definition) is 1. The Morgan fingerprint density at radius 1 is 1.26 bits per heavy atom. The van der Waals surface area contributed by atoms with Crippen LogP contribution in [0.5, 0.6) is 0 Å². The molecule has 2 saturated heterocycles. The van der Waals surface area contributed by atoms with Crippen LogP contribution in [0.15, 0.2) is 0 Å². The van der Waals surface area contributed by atoms with Gasteiger partial charge in [0.2, 0.25) is 11.8 Å². The van der Waals surface area contributed by atoms with Crippen LogP contribution in [0.25, 0.3) is 0 Å². The third kappa shape index (κ3) is 3.65. The van der Waals surface area contributed by atoms with Crippen molar-refractivity contribution in [1.29, 1.82) is 0 Å². The Kier molecular flexibility index (Phi) is 5.60. The molecular formula is C16H25N2O4S-. The fourth-order valence-electron chi connectivity index (χ4n) is 3.26. The number of amides is 2. The van der Waals surface area contributed by atoms with Gasteiger partial charge in [-0.05, 0) is 20.3 Å². The SMILES string of the molecule is CCCCCCCC(=O)N[C@@H]1C(=O)N2[C@@H]1SC(C)(C)[C@@H]2C(=O)[O-]. The van der Waals surface area contributed by atoms with Crippen molar-refractivity contribution in [2.75, 3.05) is 0 Å². The monoisotopic (exact) mass is 341 g/mol. The molecule has 0 aromatic carbocycles. The topological polar surface area (TPSA) is 89.5 Å². The molecule has 0 bridgehead atoms. The number of carboxylic acids is 1. The highest BCUT2D eigenvalue weighted by Gasteiger charge is 2.62. The Morgan fingerprint density at radius 2 is 1.91 bits per heavy atom. The minimum atomic E-state index is -1.24. The highest BCUT2D eigenvalue weighted by molar-refractivity contribution is 8.01. The van der Waals surface area contributed by atoms with Crippen molar-refractivity contribution in [2.45, 2.75) is 81.5 Å². The average Bonchev–Trinajstić information content (AvgIpc) is 2.73. The largest absolute Gasteiger partial charge is 0.548 e. The number of unbranched alkanes of at least 4 members (excludes halogenated alkanes) is 4. The zero-order valence-electron chi connectivity index (χ0n) is 14.0. The average molecular weight is 341 g/mol. The number of fused-ring (bicyclic) bond motifs is 1. The van der Waals surface area contributed by atoms with E-state index in [0.29, 0.717) is 6.42 Å². The van der Waals surface area contributed by atoms with E-state index in [9.17, 15) is 19.5 Å². The van der Waals surface area contributed by atoms with Crippen molar-refractivity contribution in [3.05, 3.63) is 0 Å². The molecule has 0 aromatic rings. The summed E-state index contributed by atoms with van der Waals surface area (Å²) in [4.78, 5) is 36.8. The van der Waals surface area contributed by atoms with E-state index in [1.54, 1.807) is 13.8 Å². The Bertz CT molecular complexity index is 494. The summed E-state index contributed by atoms with van der Waals surface area (Å²) in [6, 6.07) is -1.54. The molecule has 2 fully saturated rings. The second kappa shape index (κ2) is 7.11. The number of β-lactam (4-membered cyclic amide) rings is 1. The number of hydrogen-bond acceptors (Lipinski definition) is 5. The normalized spacial score (nSPS) is 28.2. The van der Waals surface area contributed by atoms with Crippen LogP contribution >= 0.6 is 11.8 Å². The van der Waals surface area contributed by atoms with Crippen LogP contribution in [0.2, 0.25) is 0 Å². The lowest BCUT2D eigenvalue weighted by Gasteiger charge is -2.45. The van der Waals surface area contributed by atoms with Crippen LogP contribution in [0.3, 0.4) is 0 Å². The van der Waals surface area contributed by atoms with E-state index in [2.05, 4.69) is 12.2 Å². The maximum Gasteiger partial charge on any atom is 0.249 e. The number of rotatable bonds is 8. The molecular weight excluding hydrogens is 316 g/mol. The molecule has 2 aliphatic rings. The van der Waals surface area contributed by atoms with Crippen molar-refractivity contribution in [2.24, 2.45) is 0 Å². The number of thioether (sulfide) groups is 1. The van der Waals surface area contributed by atoms with Crippen molar-refractivity contribution in [3.8, 4) is 0 Å². The summed E-state index contributed by atoms with van der Waals surface area (Å²) in [7, 11) is 0. The van der Waals surface area contributed by atoms with E-state index in [1.165, 1.54) is 23.1 Å². The number of nitrogens with one attached hydrogen (secondary N) is 1. The minimum Gasteiger partial charge on any atom is -0.548 e. The molecule has 7 heteroatoms. The van der Waals surface area contributed by atoms with Crippen LogP contribution < -0.4 is 10.4 Å². The molecule has 2 rings (SSSR count). The molecule has 6 nitrogen and oxygen atoms in total. The number of carbonyl (C=O) groups is 3. The lowest BCUT2D eigenvalue weighted by Crippen LogP contribution is -2.71. The molecule has 0 saturated carbocycles. The standard InChI is InChI=1S/C16H26N2O4S/c1-4-5-6-7-8-9-10(19)17-11-13(20)18-12(15(21)22)16(2,3)23-14(11)18/h11-12,14H,4-9H2,1-3H3,(H,17,19)(H,21,22)/p-1/t11-,12+,14-/m1/s1. The summed E-state index contributed by atoms with van der Waals surface area (Å²) < 4.78 is -0.612. The number of carboxylic acid groups (broad SMARTS) is 1. The zero-order chi connectivity index (χ0) is 17.2. The van der Waals surface area contributed by atoms with Gasteiger partial charge in [0.05, 0.1) is 12.0 Å². The van der Waals surface area contributed by atoms with E-state index in [1.807, 2.05) is 0 Å². The third-order valence-corrected chi connectivity index (χ3v) is 6.06. The fraction of sp³-hybridized carbons (Fsp3) is 0.812. The maximum absolute atomic E-state index is 12.2. The summed E-state index contributed by atoms with van der Waals surface area (Å²) in [5.74, 6) is -1.68. The van der Waals surface area contributed by atoms with E-state index in [-0.39, 0.29) is 17.2 Å². The first-order valence-corrected chi connectivity index (χ1v) is 9.17. The maximum atomic E-state index is 12.2. The van der Waals surface area contributed by atoms with Gasteiger partial charge in [0.25, 0.3) is 0 Å². The lowest BCUT2D eigenvalue weighted by atomic mass is 9.96. The molecule has 0 spiro atoms. The Labute approximate surface area is 141 Å². The molecule has 0 unspecified atom stereocenters. The first-order chi connectivity index (χ1) is 10.8. The summed E-state index contributed by atoms with van der Waals surface area (Å²) in [6.07, 6.45) is 5.71. The summed E-state index contributed by atoms with van der Waals surface area (Å²) >= 11 is 1.41. The van der Waals surface area contributed by atoms with Crippen LogP contribution in [0.4, 0.5) is 0 Å². The van der Waals surface area contributed by atoms with Crippen LogP contribution in [0.1, 0.15) is 59.3 Å². The number of aliphatic carboxylic acids is 1. The Morgan fingerprint density at radius 3 is 2.52 bits per heavy atom. The first kappa shape index (κ1) is 18.1. The van der Waals surface area contributed by atoms with Crippen LogP contribution in [0, 0.1) is 0 Å². The molecule has 23 heavy (non-hydrogen) atoms. The van der Waals surface area contributed by atoms with E-state index in [4.69, 9.17) is 0 Å². The van der Waals surface area contributed by atoms with Gasteiger partial charge in [-0.25, -0.2) is 0 Å². The summed E-state index contributed by atoms with van der Waals surface area (Å²) in [5.41, 5.74) is 0. The van der Waals surface area contributed by atoms with Crippen molar-refractivity contribution in [3.63, 3.8) is 0 Å². The van der Waals surface area contributed by atoms with Gasteiger partial charge in [-0.1, -0.05) is 32.6 Å². The predicted molar refractivity (Wildman–Crippen MR) is 86.4 cm³/mol. The molecule has 2 aliphatic heterocycles. The van der Waals surface area contributed by atoms with Gasteiger partial charge in [-0.2, -0.15) is 0 Å². The van der Waals surface area contributed by atoms with Crippen molar-refractivity contribution < 1.29 is 19.5 Å². The number of nitrogens with zero attached hydrogens (tertiary/aromatic N) is 1. The fourth-order valence-corrected chi connectivity index (χ4v) is 4.88. The van der Waals surface area contributed by atoms with E-state index in [0.717, 1.165) is 25.7 Å². The smallest absolute Gasteiger partial charge is 0.249 e. The molecule has 0 radical (unpaired) electrons. The first-order valence-electron chi connectivity index (χ1n) is 8.30. The quantitative estimate of drug-likeness (QED) is 0.517. The van der Waals surface area contributed by atoms with Crippen LogP contribution in [-0.2, 0) is 14.4 Å². The molecule has 3 atom stereocenters. The molecule has 0 aromatic heterocycles. The molecule has 2 heterocycles. The Hall–Kier alpha value is -1.24. The molecule has 1 N–H and O–H groups in total. The van der Waals surface area contributed by atoms with Gasteiger partial charge in [-0.15, -0.1) is 11.8 Å². The molecule has 130 valence electrons. The van der Waals surface area contributed by atoms with Gasteiger partial charge >= 0.3 is 0 Å². The second-order valence-electron chi connectivity index (χ2n) is 6.79. The second-order valence-corrected chi connectivity index (χ2v) is 8.56. The van der Waals surface area contributed by atoms with Crippen molar-refractivity contribution >= 4 is 29.5 Å². The zero-order valence-corrected chi connectivity index (χ0v) is 14.8. The third-order valence-electron chi connectivity index (χ3n) is 4.49. The summed E-state index contributed by atoms with van der Waals surface area (Å²) in [6.45, 7) is 5.72. The lowest BCUT2D eigenvalue weighted by molar-refractivity contribution is -0.312. The van der Waals surface area contributed by atoms with Crippen LogP contribution in [-0.4, -0.2) is 44.9 Å².